The Morgan fingerprint density at radius 3 is 2.86 bits per heavy atom. The van der Waals surface area contributed by atoms with E-state index in [1.54, 1.807) is 30.5 Å². The number of amides is 1. The van der Waals surface area contributed by atoms with Crippen molar-refractivity contribution in [1.29, 1.82) is 0 Å². The second-order valence-corrected chi connectivity index (χ2v) is 5.92. The van der Waals surface area contributed by atoms with Crippen molar-refractivity contribution < 1.29 is 4.79 Å². The van der Waals surface area contributed by atoms with Gasteiger partial charge in [-0.25, -0.2) is 9.97 Å². The van der Waals surface area contributed by atoms with Gasteiger partial charge in [-0.05, 0) is 53.0 Å². The summed E-state index contributed by atoms with van der Waals surface area (Å²) in [4.78, 5) is 20.7. The van der Waals surface area contributed by atoms with Gasteiger partial charge in [-0.15, -0.1) is 0 Å². The maximum absolute atomic E-state index is 12.4. The van der Waals surface area contributed by atoms with E-state index in [1.807, 2.05) is 0 Å². The third-order valence-electron chi connectivity index (χ3n) is 3.03. The fourth-order valence-electron chi connectivity index (χ4n) is 1.82. The van der Waals surface area contributed by atoms with Gasteiger partial charge in [0, 0.05) is 12.2 Å². The maximum atomic E-state index is 12.4. The van der Waals surface area contributed by atoms with Crippen molar-refractivity contribution >= 4 is 44.9 Å². The number of nitrogens with zero attached hydrogens (tertiary/aromatic N) is 2. The zero-order valence-electron chi connectivity index (χ0n) is 10.9. The molecule has 0 saturated heterocycles. The molecule has 2 heterocycles. The Bertz CT molecular complexity index is 690. The Balaban J connectivity index is 1.81. The number of anilines is 2. The number of rotatable bonds is 4. The fraction of sp³-hybridized carbons (Fsp3) is 0.214. The summed E-state index contributed by atoms with van der Waals surface area (Å²) < 4.78 is 0.614. The van der Waals surface area contributed by atoms with E-state index in [0.717, 1.165) is 12.8 Å². The summed E-state index contributed by atoms with van der Waals surface area (Å²) in [5.74, 6) is 0.330. The van der Waals surface area contributed by atoms with Crippen LogP contribution < -0.4 is 10.6 Å². The van der Waals surface area contributed by atoms with Gasteiger partial charge in [-0.1, -0.05) is 11.6 Å². The number of hydrogen-bond donors (Lipinski definition) is 2. The molecule has 21 heavy (non-hydrogen) atoms. The van der Waals surface area contributed by atoms with Gasteiger partial charge in [0.25, 0.3) is 5.91 Å². The molecule has 2 aromatic rings. The minimum atomic E-state index is -0.266. The number of aromatic nitrogens is 2. The lowest BCUT2D eigenvalue weighted by atomic mass is 10.2. The zero-order valence-corrected chi connectivity index (χ0v) is 13.3. The second kappa shape index (κ2) is 5.99. The number of halogens is 2. The molecule has 1 saturated carbocycles. The van der Waals surface area contributed by atoms with Gasteiger partial charge in [0.05, 0.1) is 11.3 Å². The molecule has 0 aliphatic heterocycles. The third-order valence-corrected chi connectivity index (χ3v) is 3.76. The van der Waals surface area contributed by atoms with Crippen molar-refractivity contribution in [2.45, 2.75) is 18.9 Å². The van der Waals surface area contributed by atoms with Crippen LogP contribution in [-0.4, -0.2) is 21.9 Å². The number of nitrogens with one attached hydrogen (secondary N) is 2. The standard InChI is InChI=1S/C14H12BrClN4O/c15-11-6-5-10(12(16)20-11)19-14(21)9-2-1-7-17-13(9)18-8-3-4-8/h1-2,5-8H,3-4H2,(H,17,18)(H,19,21). The van der Waals surface area contributed by atoms with Crippen molar-refractivity contribution in [3.8, 4) is 0 Å². The van der Waals surface area contributed by atoms with Crippen LogP contribution in [0.4, 0.5) is 11.5 Å². The molecule has 1 aliphatic rings. The molecule has 0 unspecified atom stereocenters. The minimum absolute atomic E-state index is 0.235. The molecule has 0 aromatic carbocycles. The number of hydrogen-bond acceptors (Lipinski definition) is 4. The van der Waals surface area contributed by atoms with Gasteiger partial charge >= 0.3 is 0 Å². The quantitative estimate of drug-likeness (QED) is 0.808. The molecule has 0 atom stereocenters. The van der Waals surface area contributed by atoms with E-state index in [1.165, 1.54) is 0 Å². The maximum Gasteiger partial charge on any atom is 0.259 e. The van der Waals surface area contributed by atoms with Crippen molar-refractivity contribution in [2.24, 2.45) is 0 Å². The van der Waals surface area contributed by atoms with Crippen LogP contribution in [-0.2, 0) is 0 Å². The number of pyridine rings is 2. The lowest BCUT2D eigenvalue weighted by Crippen LogP contribution is -2.16. The summed E-state index contributed by atoms with van der Waals surface area (Å²) in [6.45, 7) is 0. The van der Waals surface area contributed by atoms with Crippen LogP contribution in [0.2, 0.25) is 5.15 Å². The Hall–Kier alpha value is -1.66. The summed E-state index contributed by atoms with van der Waals surface area (Å²) in [5, 5.41) is 6.23. The van der Waals surface area contributed by atoms with Crippen LogP contribution in [0.5, 0.6) is 0 Å². The molecule has 1 aliphatic carbocycles. The van der Waals surface area contributed by atoms with Crippen molar-refractivity contribution in [3.63, 3.8) is 0 Å². The van der Waals surface area contributed by atoms with E-state index in [2.05, 4.69) is 36.5 Å². The van der Waals surface area contributed by atoms with Gasteiger partial charge in [0.15, 0.2) is 5.15 Å². The highest BCUT2D eigenvalue weighted by Gasteiger charge is 2.24. The Labute approximate surface area is 135 Å². The van der Waals surface area contributed by atoms with Crippen LogP contribution in [0, 0.1) is 0 Å². The van der Waals surface area contributed by atoms with Crippen molar-refractivity contribution in [3.05, 3.63) is 45.8 Å². The largest absolute Gasteiger partial charge is 0.367 e. The first-order valence-corrected chi connectivity index (χ1v) is 7.65. The first-order chi connectivity index (χ1) is 10.1. The van der Waals surface area contributed by atoms with Gasteiger partial charge in [0.1, 0.15) is 10.4 Å². The number of carbonyl (C=O) groups is 1. The molecular formula is C14H12BrClN4O. The smallest absolute Gasteiger partial charge is 0.259 e. The molecule has 1 amide bonds. The first kappa shape index (κ1) is 14.3. The summed E-state index contributed by atoms with van der Waals surface area (Å²) >= 11 is 9.23. The van der Waals surface area contributed by atoms with Gasteiger partial charge < -0.3 is 10.6 Å². The molecule has 5 nitrogen and oxygen atoms in total. The van der Waals surface area contributed by atoms with E-state index in [0.29, 0.717) is 27.7 Å². The molecule has 2 aromatic heterocycles. The summed E-state index contributed by atoms with van der Waals surface area (Å²) in [6, 6.07) is 7.29. The predicted molar refractivity (Wildman–Crippen MR) is 85.8 cm³/mol. The molecule has 1 fully saturated rings. The lowest BCUT2D eigenvalue weighted by Gasteiger charge is -2.11. The first-order valence-electron chi connectivity index (χ1n) is 6.48. The van der Waals surface area contributed by atoms with Crippen molar-refractivity contribution in [1.82, 2.24) is 9.97 Å². The summed E-state index contributed by atoms with van der Waals surface area (Å²) in [5.41, 5.74) is 0.953. The fourth-order valence-corrected chi connectivity index (χ4v) is 2.43. The van der Waals surface area contributed by atoms with E-state index >= 15 is 0 Å². The average Bonchev–Trinajstić information content (AvgIpc) is 3.26. The Morgan fingerprint density at radius 1 is 1.33 bits per heavy atom. The van der Waals surface area contributed by atoms with Crippen LogP contribution in [0.1, 0.15) is 23.2 Å². The van der Waals surface area contributed by atoms with E-state index < -0.39 is 0 Å². The molecule has 3 rings (SSSR count). The lowest BCUT2D eigenvalue weighted by molar-refractivity contribution is 0.102. The topological polar surface area (TPSA) is 66.9 Å². The Kier molecular flexibility index (Phi) is 4.07. The SMILES string of the molecule is O=C(Nc1ccc(Br)nc1Cl)c1cccnc1NC1CC1. The monoisotopic (exact) mass is 366 g/mol. The van der Waals surface area contributed by atoms with Gasteiger partial charge in [-0.2, -0.15) is 0 Å². The van der Waals surface area contributed by atoms with Crippen LogP contribution >= 0.6 is 27.5 Å². The van der Waals surface area contributed by atoms with Crippen molar-refractivity contribution in [2.75, 3.05) is 10.6 Å². The van der Waals surface area contributed by atoms with Crippen LogP contribution in [0.25, 0.3) is 0 Å². The molecule has 2 N–H and O–H groups in total. The predicted octanol–water partition coefficient (Wildman–Crippen LogP) is 3.72. The van der Waals surface area contributed by atoms with Crippen LogP contribution in [0.15, 0.2) is 35.1 Å². The third kappa shape index (κ3) is 3.51. The highest BCUT2D eigenvalue weighted by Crippen LogP contribution is 2.27. The number of carbonyl (C=O) groups excluding carboxylic acids is 1. The molecule has 7 heteroatoms. The van der Waals surface area contributed by atoms with E-state index in [9.17, 15) is 4.79 Å². The summed E-state index contributed by atoms with van der Waals surface area (Å²) in [6.07, 6.45) is 3.88. The van der Waals surface area contributed by atoms with E-state index in [4.69, 9.17) is 11.6 Å². The molecule has 0 radical (unpaired) electrons. The minimum Gasteiger partial charge on any atom is -0.367 e. The average molecular weight is 368 g/mol. The molecular weight excluding hydrogens is 356 g/mol. The van der Waals surface area contributed by atoms with Crippen LogP contribution in [0.3, 0.4) is 0 Å². The zero-order chi connectivity index (χ0) is 14.8. The molecule has 0 bridgehead atoms. The molecule has 108 valence electrons. The van der Waals surface area contributed by atoms with E-state index in [-0.39, 0.29) is 11.1 Å². The normalized spacial score (nSPS) is 13.8. The summed E-state index contributed by atoms with van der Waals surface area (Å²) in [7, 11) is 0. The van der Waals surface area contributed by atoms with Gasteiger partial charge in [-0.3, -0.25) is 4.79 Å². The Morgan fingerprint density at radius 2 is 2.14 bits per heavy atom. The highest BCUT2D eigenvalue weighted by atomic mass is 79.9. The second-order valence-electron chi connectivity index (χ2n) is 4.74. The van der Waals surface area contributed by atoms with Gasteiger partial charge in [0.2, 0.25) is 0 Å². The molecule has 0 spiro atoms. The highest BCUT2D eigenvalue weighted by molar-refractivity contribution is 9.10.